The summed E-state index contributed by atoms with van der Waals surface area (Å²) in [6.45, 7) is 10.9. The van der Waals surface area contributed by atoms with Gasteiger partial charge < -0.3 is 9.47 Å². The molecule has 196 valence electrons. The zero-order valence-corrected chi connectivity index (χ0v) is 21.0. The number of hydrogen-bond acceptors (Lipinski definition) is 8. The van der Waals surface area contributed by atoms with Crippen molar-refractivity contribution >= 4 is 17.8 Å². The van der Waals surface area contributed by atoms with Gasteiger partial charge in [-0.1, -0.05) is 25.3 Å². The van der Waals surface area contributed by atoms with Gasteiger partial charge in [-0.25, -0.2) is 14.7 Å². The molecule has 0 N–H and O–H groups in total. The van der Waals surface area contributed by atoms with Crippen LogP contribution >= 0.6 is 0 Å². The third kappa shape index (κ3) is 8.98. The standard InChI is InChI=1S/C25H28F3N7O2/c1-7-20(25(26,27)28)12-11-18(3)37-15-17(2)22(13-29-5)24(36-6)31-19(4)23-10-8-9-21(32-23)14-35-16-30-33-34-35/h7-13,16H,1,4,14-15H2,2-3,5-6H3/b18-11+,20-12+,22-17-,29-13?,31-24?. The van der Waals surface area contributed by atoms with E-state index < -0.39 is 11.7 Å². The molecule has 0 aliphatic carbocycles. The molecule has 2 aromatic heterocycles. The lowest BCUT2D eigenvalue weighted by Gasteiger charge is -2.13. The molecule has 0 aromatic carbocycles. The maximum Gasteiger partial charge on any atom is 0.416 e. The lowest BCUT2D eigenvalue weighted by molar-refractivity contribution is -0.0881. The molecule has 12 heteroatoms. The molecule has 0 aliphatic heterocycles. The lowest BCUT2D eigenvalue weighted by Crippen LogP contribution is -2.12. The van der Waals surface area contributed by atoms with Crippen LogP contribution in [0.5, 0.6) is 0 Å². The maximum atomic E-state index is 12.9. The maximum absolute atomic E-state index is 12.9. The van der Waals surface area contributed by atoms with E-state index in [-0.39, 0.29) is 18.3 Å². The zero-order chi connectivity index (χ0) is 27.4. The van der Waals surface area contributed by atoms with Crippen LogP contribution in [0, 0.1) is 0 Å². The molecule has 0 saturated carbocycles. The minimum absolute atomic E-state index is 0.0570. The van der Waals surface area contributed by atoms with Gasteiger partial charge in [0.05, 0.1) is 47.6 Å². The molecule has 0 saturated heterocycles. The largest absolute Gasteiger partial charge is 0.494 e. The number of pyridine rings is 1. The van der Waals surface area contributed by atoms with E-state index in [0.29, 0.717) is 34.8 Å². The molecule has 9 nitrogen and oxygen atoms in total. The van der Waals surface area contributed by atoms with Gasteiger partial charge in [0, 0.05) is 13.3 Å². The topological polar surface area (TPSA) is 99.7 Å². The molecule has 37 heavy (non-hydrogen) atoms. The smallest absolute Gasteiger partial charge is 0.416 e. The molecule has 0 bridgehead atoms. The highest BCUT2D eigenvalue weighted by atomic mass is 19.4. The average Bonchev–Trinajstić information content (AvgIpc) is 3.37. The monoisotopic (exact) mass is 515 g/mol. The van der Waals surface area contributed by atoms with Crippen molar-refractivity contribution in [2.45, 2.75) is 26.6 Å². The van der Waals surface area contributed by atoms with Crippen LogP contribution in [-0.4, -0.2) is 64.2 Å². The molecule has 2 rings (SSSR count). The van der Waals surface area contributed by atoms with Crippen molar-refractivity contribution in [1.29, 1.82) is 0 Å². The Bertz CT molecular complexity index is 1240. The first-order valence-electron chi connectivity index (χ1n) is 10.9. The number of hydrogen-bond donors (Lipinski definition) is 0. The summed E-state index contributed by atoms with van der Waals surface area (Å²) in [5.41, 5.74) is 1.91. The second kappa shape index (κ2) is 13.7. The number of allylic oxidation sites excluding steroid dienone is 5. The fraction of sp³-hybridized carbons (Fsp3) is 0.280. The highest BCUT2D eigenvalue weighted by Gasteiger charge is 2.30. The first-order chi connectivity index (χ1) is 17.6. The molecule has 0 fully saturated rings. The number of nitrogens with zero attached hydrogens (tertiary/aromatic N) is 7. The Morgan fingerprint density at radius 3 is 2.57 bits per heavy atom. The van der Waals surface area contributed by atoms with Crippen LogP contribution in [0.15, 0.2) is 88.4 Å². The van der Waals surface area contributed by atoms with Crippen LogP contribution in [0.2, 0.25) is 0 Å². The predicted octanol–water partition coefficient (Wildman–Crippen LogP) is 4.74. The van der Waals surface area contributed by atoms with Crippen molar-refractivity contribution in [3.63, 3.8) is 0 Å². The number of rotatable bonds is 11. The first kappa shape index (κ1) is 28.9. The number of ether oxygens (including phenoxy) is 2. The summed E-state index contributed by atoms with van der Waals surface area (Å²) in [6.07, 6.45) is 1.42. The molecule has 2 heterocycles. The van der Waals surface area contributed by atoms with Gasteiger partial charge in [-0.15, -0.1) is 5.10 Å². The number of tetrazole rings is 1. The van der Waals surface area contributed by atoms with E-state index in [0.717, 1.165) is 12.2 Å². The Morgan fingerprint density at radius 1 is 1.22 bits per heavy atom. The van der Waals surface area contributed by atoms with Gasteiger partial charge in [0.15, 0.2) is 0 Å². The normalized spacial score (nSPS) is 14.0. The first-order valence-corrected chi connectivity index (χ1v) is 10.9. The Morgan fingerprint density at radius 2 is 1.97 bits per heavy atom. The van der Waals surface area contributed by atoms with Gasteiger partial charge in [0.25, 0.3) is 0 Å². The third-order valence-electron chi connectivity index (χ3n) is 4.76. The lowest BCUT2D eigenvalue weighted by atomic mass is 10.1. The molecule has 0 unspecified atom stereocenters. The van der Waals surface area contributed by atoms with Gasteiger partial charge in [-0.3, -0.25) is 4.99 Å². The molecule has 0 aliphatic rings. The van der Waals surface area contributed by atoms with Crippen LogP contribution in [0.4, 0.5) is 13.2 Å². The summed E-state index contributed by atoms with van der Waals surface area (Å²) in [5, 5.41) is 11.0. The van der Waals surface area contributed by atoms with Crippen molar-refractivity contribution in [3.8, 4) is 0 Å². The quantitative estimate of drug-likeness (QED) is 0.185. The molecule has 2 aromatic rings. The molecular weight excluding hydrogens is 487 g/mol. The van der Waals surface area contributed by atoms with E-state index in [9.17, 15) is 13.2 Å². The van der Waals surface area contributed by atoms with Gasteiger partial charge >= 0.3 is 6.18 Å². The second-order valence-corrected chi connectivity index (χ2v) is 7.56. The number of aliphatic imine (C=N–C) groups is 2. The van der Waals surface area contributed by atoms with E-state index in [4.69, 9.17) is 9.47 Å². The van der Waals surface area contributed by atoms with Gasteiger partial charge in [-0.05, 0) is 54.1 Å². The zero-order valence-electron chi connectivity index (χ0n) is 21.0. The van der Waals surface area contributed by atoms with Crippen LogP contribution in [0.3, 0.4) is 0 Å². The van der Waals surface area contributed by atoms with Crippen LogP contribution in [0.1, 0.15) is 25.2 Å². The van der Waals surface area contributed by atoms with Crippen molar-refractivity contribution in [1.82, 2.24) is 25.2 Å². The van der Waals surface area contributed by atoms with Gasteiger partial charge in [0.1, 0.15) is 12.9 Å². The number of alkyl halides is 3. The molecule has 0 spiro atoms. The van der Waals surface area contributed by atoms with Crippen molar-refractivity contribution in [3.05, 3.63) is 89.8 Å². The summed E-state index contributed by atoms with van der Waals surface area (Å²) in [4.78, 5) is 13.1. The number of aromatic nitrogens is 5. The summed E-state index contributed by atoms with van der Waals surface area (Å²) >= 11 is 0. The summed E-state index contributed by atoms with van der Waals surface area (Å²) in [6, 6.07) is 5.40. The highest BCUT2D eigenvalue weighted by molar-refractivity contribution is 6.14. The van der Waals surface area contributed by atoms with Crippen LogP contribution in [-0.2, 0) is 16.0 Å². The average molecular weight is 516 g/mol. The fourth-order valence-electron chi connectivity index (χ4n) is 2.85. The molecule has 0 radical (unpaired) electrons. The van der Waals surface area contributed by atoms with Crippen molar-refractivity contribution in [2.75, 3.05) is 20.8 Å². The molecule has 0 amide bonds. The third-order valence-corrected chi connectivity index (χ3v) is 4.76. The Kier molecular flexibility index (Phi) is 10.7. The second-order valence-electron chi connectivity index (χ2n) is 7.56. The van der Waals surface area contributed by atoms with Crippen LogP contribution < -0.4 is 0 Å². The Hall–Kier alpha value is -4.35. The van der Waals surface area contributed by atoms with E-state index in [1.165, 1.54) is 24.2 Å². The number of halogens is 3. The van der Waals surface area contributed by atoms with E-state index in [1.807, 2.05) is 12.1 Å². The summed E-state index contributed by atoms with van der Waals surface area (Å²) in [5.74, 6) is 0.497. The summed E-state index contributed by atoms with van der Waals surface area (Å²) in [7, 11) is 3.04. The minimum atomic E-state index is -4.49. The SMILES string of the molecule is C=C/C(=C\C=C(/C)OC/C(C)=C(/C=NC)C(=NC(=C)c1cccc(Cn2cnnn2)n1)OC)C(F)(F)F. The Balaban J connectivity index is 2.25. The van der Waals surface area contributed by atoms with E-state index in [2.05, 4.69) is 43.7 Å². The van der Waals surface area contributed by atoms with Gasteiger partial charge in [-0.2, -0.15) is 13.2 Å². The van der Waals surface area contributed by atoms with Crippen molar-refractivity contribution in [2.24, 2.45) is 9.98 Å². The highest BCUT2D eigenvalue weighted by Crippen LogP contribution is 2.26. The fourth-order valence-corrected chi connectivity index (χ4v) is 2.85. The van der Waals surface area contributed by atoms with Crippen molar-refractivity contribution < 1.29 is 22.6 Å². The Labute approximate surface area is 213 Å². The minimum Gasteiger partial charge on any atom is -0.494 e. The van der Waals surface area contributed by atoms with Crippen LogP contribution in [0.25, 0.3) is 5.70 Å². The predicted molar refractivity (Wildman–Crippen MR) is 136 cm³/mol. The van der Waals surface area contributed by atoms with E-state index in [1.54, 1.807) is 33.2 Å². The van der Waals surface area contributed by atoms with E-state index >= 15 is 0 Å². The van der Waals surface area contributed by atoms with Gasteiger partial charge in [0.2, 0.25) is 5.90 Å². The number of methoxy groups -OCH3 is 1. The summed E-state index contributed by atoms with van der Waals surface area (Å²) < 4.78 is 51.2. The molecular formula is C25H28F3N7O2. The molecule has 0 atom stereocenters.